The molecule has 1 rings (SSSR count). The van der Waals surface area contributed by atoms with Gasteiger partial charge in [0.05, 0.1) is 12.3 Å². The van der Waals surface area contributed by atoms with E-state index in [0.29, 0.717) is 6.61 Å². The van der Waals surface area contributed by atoms with E-state index in [1.165, 1.54) is 0 Å². The molecule has 0 saturated carbocycles. The molecule has 0 aliphatic carbocycles. The summed E-state index contributed by atoms with van der Waals surface area (Å²) in [6, 6.07) is 3.83. The summed E-state index contributed by atoms with van der Waals surface area (Å²) in [4.78, 5) is 6.60. The van der Waals surface area contributed by atoms with Gasteiger partial charge in [-0.15, -0.1) is 0 Å². The summed E-state index contributed by atoms with van der Waals surface area (Å²) in [5.74, 6) is 0.863. The van der Waals surface area contributed by atoms with Crippen molar-refractivity contribution in [2.24, 2.45) is 0 Å². The number of aromatic nitrogens is 1. The third kappa shape index (κ3) is 3.38. The second-order valence-corrected chi connectivity index (χ2v) is 3.64. The Hall–Kier alpha value is -1.29. The molecule has 4 heteroatoms. The van der Waals surface area contributed by atoms with Gasteiger partial charge in [-0.05, 0) is 32.9 Å². The van der Waals surface area contributed by atoms with Crippen molar-refractivity contribution in [3.63, 3.8) is 0 Å². The van der Waals surface area contributed by atoms with Gasteiger partial charge in [-0.2, -0.15) is 0 Å². The van der Waals surface area contributed by atoms with E-state index >= 15 is 0 Å². The molecule has 1 aromatic rings. The fraction of sp³-hybridized carbons (Fsp3) is 0.583. The molecule has 2 N–H and O–H groups in total. The number of nitrogens with two attached hydrogens (primary N) is 1. The highest BCUT2D eigenvalue weighted by molar-refractivity contribution is 5.62. The highest BCUT2D eigenvalue weighted by Crippen LogP contribution is 2.20. The molecule has 0 aliphatic heterocycles. The molecule has 0 fully saturated rings. The van der Waals surface area contributed by atoms with Crippen molar-refractivity contribution in [2.75, 3.05) is 36.9 Å². The van der Waals surface area contributed by atoms with Crippen LogP contribution in [-0.4, -0.2) is 31.3 Å². The molecule has 0 atom stereocenters. The van der Waals surface area contributed by atoms with Crippen molar-refractivity contribution < 1.29 is 4.74 Å². The van der Waals surface area contributed by atoms with Crippen LogP contribution in [0, 0.1) is 6.92 Å². The van der Waals surface area contributed by atoms with E-state index in [9.17, 15) is 0 Å². The van der Waals surface area contributed by atoms with Crippen LogP contribution in [0.1, 0.15) is 19.5 Å². The number of pyridine rings is 1. The maximum Gasteiger partial charge on any atom is 0.152 e. The van der Waals surface area contributed by atoms with Crippen LogP contribution in [-0.2, 0) is 4.74 Å². The topological polar surface area (TPSA) is 51.4 Å². The number of aryl methyl sites for hydroxylation is 1. The Balaban J connectivity index is 2.73. The van der Waals surface area contributed by atoms with Crippen LogP contribution >= 0.6 is 0 Å². The third-order valence-electron chi connectivity index (χ3n) is 2.44. The standard InChI is InChI=1S/C12H21N3O/c1-4-15(8-9-16-5-2)12-11(13)7-6-10(3)14-12/h6-7H,4-5,8-9,13H2,1-3H3. The summed E-state index contributed by atoms with van der Waals surface area (Å²) in [5, 5.41) is 0. The minimum Gasteiger partial charge on any atom is -0.396 e. The fourth-order valence-corrected chi connectivity index (χ4v) is 1.54. The Bertz CT molecular complexity index is 328. The van der Waals surface area contributed by atoms with Crippen LogP contribution in [0.25, 0.3) is 0 Å². The normalized spacial score (nSPS) is 10.4. The molecule has 0 amide bonds. The average Bonchev–Trinajstić information content (AvgIpc) is 2.28. The predicted octanol–water partition coefficient (Wildman–Crippen LogP) is 1.84. The Morgan fingerprint density at radius 2 is 2.12 bits per heavy atom. The van der Waals surface area contributed by atoms with Crippen LogP contribution in [0.2, 0.25) is 0 Å². The van der Waals surface area contributed by atoms with Crippen LogP contribution in [0.15, 0.2) is 12.1 Å². The van der Waals surface area contributed by atoms with Crippen LogP contribution < -0.4 is 10.6 Å². The number of anilines is 2. The molecule has 0 radical (unpaired) electrons. The second kappa shape index (κ2) is 6.33. The quantitative estimate of drug-likeness (QED) is 0.748. The number of nitrogen functional groups attached to an aromatic ring is 1. The molecule has 4 nitrogen and oxygen atoms in total. The van der Waals surface area contributed by atoms with Crippen molar-refractivity contribution in [3.05, 3.63) is 17.8 Å². The minimum atomic E-state index is 0.708. The van der Waals surface area contributed by atoms with Crippen molar-refractivity contribution in [1.82, 2.24) is 4.98 Å². The van der Waals surface area contributed by atoms with E-state index in [1.54, 1.807) is 0 Å². The van der Waals surface area contributed by atoms with Gasteiger partial charge in [0, 0.05) is 25.4 Å². The molecule has 0 unspecified atom stereocenters. The lowest BCUT2D eigenvalue weighted by atomic mass is 10.3. The Kier molecular flexibility index (Phi) is 5.05. The van der Waals surface area contributed by atoms with Gasteiger partial charge in [-0.25, -0.2) is 4.98 Å². The van der Waals surface area contributed by atoms with E-state index in [0.717, 1.165) is 36.9 Å². The van der Waals surface area contributed by atoms with E-state index < -0.39 is 0 Å². The van der Waals surface area contributed by atoms with Gasteiger partial charge in [0.1, 0.15) is 0 Å². The number of likely N-dealkylation sites (N-methyl/N-ethyl adjacent to an activating group) is 1. The summed E-state index contributed by atoms with van der Waals surface area (Å²) in [7, 11) is 0. The smallest absolute Gasteiger partial charge is 0.152 e. The number of rotatable bonds is 6. The maximum atomic E-state index is 5.93. The molecule has 0 bridgehead atoms. The summed E-state index contributed by atoms with van der Waals surface area (Å²) in [6.45, 7) is 9.22. The van der Waals surface area contributed by atoms with Gasteiger partial charge in [0.2, 0.25) is 0 Å². The minimum absolute atomic E-state index is 0.708. The monoisotopic (exact) mass is 223 g/mol. The first-order valence-electron chi connectivity index (χ1n) is 5.74. The first-order valence-corrected chi connectivity index (χ1v) is 5.74. The zero-order valence-electron chi connectivity index (χ0n) is 10.4. The number of hydrogen-bond donors (Lipinski definition) is 1. The lowest BCUT2D eigenvalue weighted by molar-refractivity contribution is 0.154. The highest BCUT2D eigenvalue weighted by atomic mass is 16.5. The number of hydrogen-bond acceptors (Lipinski definition) is 4. The molecule has 0 saturated heterocycles. The van der Waals surface area contributed by atoms with Crippen molar-refractivity contribution in [3.8, 4) is 0 Å². The molecular weight excluding hydrogens is 202 g/mol. The van der Waals surface area contributed by atoms with E-state index in [1.807, 2.05) is 26.0 Å². The second-order valence-electron chi connectivity index (χ2n) is 3.64. The third-order valence-corrected chi connectivity index (χ3v) is 2.44. The first-order chi connectivity index (χ1) is 7.69. The lowest BCUT2D eigenvalue weighted by Crippen LogP contribution is -2.29. The van der Waals surface area contributed by atoms with Gasteiger partial charge in [0.25, 0.3) is 0 Å². The summed E-state index contributed by atoms with van der Waals surface area (Å²) in [5.41, 5.74) is 7.64. The number of ether oxygens (including phenoxy) is 1. The summed E-state index contributed by atoms with van der Waals surface area (Å²) < 4.78 is 5.35. The average molecular weight is 223 g/mol. The van der Waals surface area contributed by atoms with Gasteiger partial charge in [0.15, 0.2) is 5.82 Å². The molecule has 1 aromatic heterocycles. The van der Waals surface area contributed by atoms with Gasteiger partial charge >= 0.3 is 0 Å². The Labute approximate surface area is 97.4 Å². The van der Waals surface area contributed by atoms with Crippen LogP contribution in [0.5, 0.6) is 0 Å². The lowest BCUT2D eigenvalue weighted by Gasteiger charge is -2.23. The zero-order chi connectivity index (χ0) is 12.0. The van der Waals surface area contributed by atoms with E-state index in [2.05, 4.69) is 16.8 Å². The SMILES string of the molecule is CCOCCN(CC)c1nc(C)ccc1N. The number of nitrogens with zero attached hydrogens (tertiary/aromatic N) is 2. The van der Waals surface area contributed by atoms with Gasteiger partial charge in [-0.3, -0.25) is 0 Å². The zero-order valence-corrected chi connectivity index (χ0v) is 10.4. The molecule has 1 heterocycles. The first kappa shape index (κ1) is 12.8. The molecule has 0 aromatic carbocycles. The fourth-order valence-electron chi connectivity index (χ4n) is 1.54. The van der Waals surface area contributed by atoms with E-state index in [-0.39, 0.29) is 0 Å². The van der Waals surface area contributed by atoms with Gasteiger partial charge < -0.3 is 15.4 Å². The van der Waals surface area contributed by atoms with Gasteiger partial charge in [-0.1, -0.05) is 0 Å². The summed E-state index contributed by atoms with van der Waals surface area (Å²) in [6.07, 6.45) is 0. The van der Waals surface area contributed by atoms with Crippen LogP contribution in [0.3, 0.4) is 0 Å². The largest absolute Gasteiger partial charge is 0.396 e. The molecule has 16 heavy (non-hydrogen) atoms. The van der Waals surface area contributed by atoms with Crippen LogP contribution in [0.4, 0.5) is 11.5 Å². The summed E-state index contributed by atoms with van der Waals surface area (Å²) >= 11 is 0. The Morgan fingerprint density at radius 1 is 1.38 bits per heavy atom. The molecule has 0 spiro atoms. The van der Waals surface area contributed by atoms with Crippen molar-refractivity contribution >= 4 is 11.5 Å². The Morgan fingerprint density at radius 3 is 2.75 bits per heavy atom. The molecule has 90 valence electrons. The van der Waals surface area contributed by atoms with Crippen molar-refractivity contribution in [2.45, 2.75) is 20.8 Å². The highest BCUT2D eigenvalue weighted by Gasteiger charge is 2.09. The molecular formula is C12H21N3O. The van der Waals surface area contributed by atoms with Crippen molar-refractivity contribution in [1.29, 1.82) is 0 Å². The predicted molar refractivity (Wildman–Crippen MR) is 67.8 cm³/mol. The maximum absolute atomic E-state index is 5.93. The van der Waals surface area contributed by atoms with E-state index in [4.69, 9.17) is 10.5 Å². The molecule has 0 aliphatic rings.